The summed E-state index contributed by atoms with van der Waals surface area (Å²) >= 11 is 1.42. The summed E-state index contributed by atoms with van der Waals surface area (Å²) < 4.78 is 11.3. The third-order valence-corrected chi connectivity index (χ3v) is 11.9. The molecule has 15 nitrogen and oxygen atoms in total. The molecule has 2 fully saturated rings. The molecule has 6 N–H and O–H groups in total. The SMILES string of the molecule is CC(C)(C)OC(=O)NC1CCN(C(=O)N[C@@H](Cc2ccccc2)C(=O)N[C@@H](Cc2c[nH]cn2)C(=O)N[C@@H](CC2CCCCC2)[C@@H](O)CCSc2nc3ccccc3o2)CC1. The second-order valence-corrected chi connectivity index (χ2v) is 18.0. The van der Waals surface area contributed by atoms with Crippen molar-refractivity contribution in [2.24, 2.45) is 5.92 Å². The number of hydrogen-bond acceptors (Lipinski definition) is 10. The highest BCUT2D eigenvalue weighted by Gasteiger charge is 2.33. The van der Waals surface area contributed by atoms with Gasteiger partial charge >= 0.3 is 12.1 Å². The van der Waals surface area contributed by atoms with E-state index < -0.39 is 53.8 Å². The Hall–Kier alpha value is -5.09. The normalized spacial score (nSPS) is 17.3. The van der Waals surface area contributed by atoms with Crippen molar-refractivity contribution >= 4 is 46.8 Å². The van der Waals surface area contributed by atoms with E-state index in [9.17, 15) is 24.3 Å². The van der Waals surface area contributed by atoms with Crippen molar-refractivity contribution in [2.75, 3.05) is 18.8 Å². The first-order valence-electron chi connectivity index (χ1n) is 21.2. The average molecular weight is 845 g/mol. The lowest BCUT2D eigenvalue weighted by Gasteiger charge is -2.34. The van der Waals surface area contributed by atoms with Gasteiger partial charge in [-0.25, -0.2) is 19.6 Å². The molecule has 2 aromatic carbocycles. The molecule has 1 saturated heterocycles. The molecule has 1 aliphatic heterocycles. The number of amides is 5. The number of H-pyrrole nitrogens is 1. The van der Waals surface area contributed by atoms with Gasteiger partial charge in [0.25, 0.3) is 5.22 Å². The summed E-state index contributed by atoms with van der Waals surface area (Å²) in [5.74, 6) is -0.0888. The van der Waals surface area contributed by atoms with Gasteiger partial charge in [0.15, 0.2) is 5.58 Å². The Bertz CT molecular complexity index is 1940. The van der Waals surface area contributed by atoms with Crippen molar-refractivity contribution in [3.05, 3.63) is 78.4 Å². The summed E-state index contributed by atoms with van der Waals surface area (Å²) in [5.41, 5.74) is 2.25. The van der Waals surface area contributed by atoms with Crippen molar-refractivity contribution < 1.29 is 33.4 Å². The van der Waals surface area contributed by atoms with Gasteiger partial charge in [0, 0.05) is 43.9 Å². The van der Waals surface area contributed by atoms with Crippen molar-refractivity contribution in [2.45, 2.75) is 132 Å². The Labute approximate surface area is 356 Å². The quantitative estimate of drug-likeness (QED) is 0.0696. The van der Waals surface area contributed by atoms with E-state index in [1.807, 2.05) is 54.6 Å². The van der Waals surface area contributed by atoms with Crippen LogP contribution in [0.5, 0.6) is 0 Å². The number of aliphatic hydroxyl groups excluding tert-OH is 1. The van der Waals surface area contributed by atoms with Gasteiger partial charge in [0.2, 0.25) is 11.8 Å². The minimum atomic E-state index is -1.05. The molecule has 1 aliphatic carbocycles. The van der Waals surface area contributed by atoms with Crippen LogP contribution in [0.25, 0.3) is 11.1 Å². The Kier molecular flexibility index (Phi) is 15.9. The van der Waals surface area contributed by atoms with Crippen molar-refractivity contribution in [3.63, 3.8) is 0 Å². The minimum absolute atomic E-state index is 0.0883. The largest absolute Gasteiger partial charge is 0.444 e. The predicted octanol–water partition coefficient (Wildman–Crippen LogP) is 5.89. The molecule has 60 heavy (non-hydrogen) atoms. The summed E-state index contributed by atoms with van der Waals surface area (Å²) in [5, 5.41) is 24.1. The van der Waals surface area contributed by atoms with Crippen LogP contribution in [0.3, 0.4) is 0 Å². The number of ether oxygens (including phenoxy) is 1. The van der Waals surface area contributed by atoms with E-state index >= 15 is 0 Å². The second kappa shape index (κ2) is 21.4. The number of rotatable bonds is 17. The van der Waals surface area contributed by atoms with Crippen LogP contribution < -0.4 is 21.3 Å². The van der Waals surface area contributed by atoms with Crippen LogP contribution in [-0.4, -0.2) is 104 Å². The van der Waals surface area contributed by atoms with E-state index in [0.29, 0.717) is 66.9 Å². The highest BCUT2D eigenvalue weighted by atomic mass is 32.2. The number of nitrogens with one attached hydrogen (secondary N) is 5. The summed E-state index contributed by atoms with van der Waals surface area (Å²) in [6.45, 7) is 6.15. The number of para-hydroxylation sites is 2. The molecule has 1 saturated carbocycles. The minimum Gasteiger partial charge on any atom is -0.444 e. The fourth-order valence-electron chi connectivity index (χ4n) is 7.85. The molecule has 324 valence electrons. The Morgan fingerprint density at radius 1 is 0.917 bits per heavy atom. The lowest BCUT2D eigenvalue weighted by atomic mass is 9.83. The molecular formula is C44H60N8O7S. The number of hydrogen-bond donors (Lipinski definition) is 6. The van der Waals surface area contributed by atoms with Crippen LogP contribution in [0, 0.1) is 5.92 Å². The molecule has 2 aromatic heterocycles. The van der Waals surface area contributed by atoms with Gasteiger partial charge in [-0.1, -0.05) is 86.3 Å². The van der Waals surface area contributed by atoms with Crippen LogP contribution in [0.1, 0.15) is 89.8 Å². The van der Waals surface area contributed by atoms with Gasteiger partial charge in [-0.2, -0.15) is 0 Å². The van der Waals surface area contributed by atoms with E-state index in [1.165, 1.54) is 24.5 Å². The molecule has 4 atom stereocenters. The maximum absolute atomic E-state index is 14.4. The number of aromatic nitrogens is 3. The molecule has 4 aromatic rings. The van der Waals surface area contributed by atoms with E-state index in [4.69, 9.17) is 9.15 Å². The van der Waals surface area contributed by atoms with Crippen LogP contribution in [-0.2, 0) is 27.2 Å². The Morgan fingerprint density at radius 3 is 2.32 bits per heavy atom. The number of carbonyl (C=O) groups excluding carboxylic acids is 4. The molecule has 6 rings (SSSR count). The molecule has 2 aliphatic rings. The summed E-state index contributed by atoms with van der Waals surface area (Å²) in [6.07, 6.45) is 9.63. The number of thioether (sulfide) groups is 1. The van der Waals surface area contributed by atoms with Crippen LogP contribution in [0.2, 0.25) is 0 Å². The zero-order chi connectivity index (χ0) is 42.5. The van der Waals surface area contributed by atoms with Gasteiger partial charge in [-0.15, -0.1) is 0 Å². The number of oxazole rings is 1. The molecule has 5 amide bonds. The maximum atomic E-state index is 14.4. The van der Waals surface area contributed by atoms with Crippen molar-refractivity contribution in [1.29, 1.82) is 0 Å². The number of piperidine rings is 1. The third kappa shape index (κ3) is 13.7. The standard InChI is InChI=1S/C44H60N8O7S/c1-44(2,3)59-42(57)47-31-18-21-52(22-19-31)41(56)50-35(25-30-14-8-5-9-15-30)39(54)49-36(26-32-27-45-28-46-32)40(55)48-34(24-29-12-6-4-7-13-29)37(53)20-23-60-43-51-33-16-10-11-17-38(33)58-43/h5,8-11,14-17,27-29,31,34-37,53H,4,6-7,12-13,18-26H2,1-3H3,(H,45,46)(H,47,57)(H,48,55)(H,49,54)(H,50,56)/t34-,35-,36-,37-/m0/s1. The Morgan fingerprint density at radius 2 is 1.62 bits per heavy atom. The molecule has 0 radical (unpaired) electrons. The molecule has 0 bridgehead atoms. The molecule has 3 heterocycles. The van der Waals surface area contributed by atoms with Crippen molar-refractivity contribution in [1.82, 2.24) is 41.1 Å². The number of aliphatic hydroxyl groups is 1. The molecular weight excluding hydrogens is 785 g/mol. The molecule has 16 heteroatoms. The van der Waals surface area contributed by atoms with E-state index in [0.717, 1.165) is 36.8 Å². The number of urea groups is 1. The fraction of sp³-hybridized carbons (Fsp3) is 0.545. The van der Waals surface area contributed by atoms with Gasteiger partial charge in [0.1, 0.15) is 23.2 Å². The van der Waals surface area contributed by atoms with E-state index in [-0.39, 0.29) is 18.9 Å². The first-order chi connectivity index (χ1) is 28.9. The zero-order valence-corrected chi connectivity index (χ0v) is 35.7. The number of alkyl carbamates (subject to hydrolysis) is 1. The predicted molar refractivity (Wildman–Crippen MR) is 229 cm³/mol. The van der Waals surface area contributed by atoms with Crippen LogP contribution in [0.4, 0.5) is 9.59 Å². The number of imidazole rings is 1. The summed E-state index contributed by atoms with van der Waals surface area (Å²) in [4.78, 5) is 68.1. The Balaban J connectivity index is 1.12. The number of nitrogens with zero attached hydrogens (tertiary/aromatic N) is 3. The number of benzene rings is 2. The number of carbonyl (C=O) groups is 4. The van der Waals surface area contributed by atoms with Crippen LogP contribution in [0.15, 0.2) is 76.8 Å². The van der Waals surface area contributed by atoms with Gasteiger partial charge in [-0.3, -0.25) is 9.59 Å². The number of fused-ring (bicyclic) bond motifs is 1. The maximum Gasteiger partial charge on any atom is 0.407 e. The monoisotopic (exact) mass is 844 g/mol. The lowest BCUT2D eigenvalue weighted by molar-refractivity contribution is -0.130. The molecule has 0 unspecified atom stereocenters. The smallest absolute Gasteiger partial charge is 0.407 e. The second-order valence-electron chi connectivity index (χ2n) is 16.9. The lowest BCUT2D eigenvalue weighted by Crippen LogP contribution is -2.59. The number of aromatic amines is 1. The summed E-state index contributed by atoms with van der Waals surface area (Å²) in [7, 11) is 0. The summed E-state index contributed by atoms with van der Waals surface area (Å²) in [6, 6.07) is 13.7. The van der Waals surface area contributed by atoms with E-state index in [1.54, 1.807) is 31.9 Å². The van der Waals surface area contributed by atoms with Crippen LogP contribution >= 0.6 is 11.8 Å². The molecule has 0 spiro atoms. The zero-order valence-electron chi connectivity index (χ0n) is 34.9. The van der Waals surface area contributed by atoms with Gasteiger partial charge in [-0.05, 0) is 70.1 Å². The fourth-order valence-corrected chi connectivity index (χ4v) is 8.70. The first kappa shape index (κ1) is 44.5. The highest BCUT2D eigenvalue weighted by Crippen LogP contribution is 2.30. The third-order valence-electron chi connectivity index (χ3n) is 11.0. The van der Waals surface area contributed by atoms with Gasteiger partial charge < -0.3 is 45.4 Å². The topological polar surface area (TPSA) is 204 Å². The highest BCUT2D eigenvalue weighted by molar-refractivity contribution is 7.99. The van der Waals surface area contributed by atoms with Gasteiger partial charge in [0.05, 0.1) is 24.2 Å². The van der Waals surface area contributed by atoms with Crippen molar-refractivity contribution in [3.8, 4) is 0 Å². The first-order valence-corrected chi connectivity index (χ1v) is 22.2. The number of likely N-dealkylation sites (tertiary alicyclic amines) is 1. The van der Waals surface area contributed by atoms with E-state index in [2.05, 4.69) is 36.2 Å². The average Bonchev–Trinajstić information content (AvgIpc) is 3.90.